The Labute approximate surface area is 112 Å². The number of hydrogen-bond acceptors (Lipinski definition) is 3. The van der Waals surface area contributed by atoms with Gasteiger partial charge in [-0.2, -0.15) is 0 Å². The van der Waals surface area contributed by atoms with Crippen LogP contribution in [0.1, 0.15) is 25.3 Å². The van der Waals surface area contributed by atoms with Crippen LogP contribution in [-0.2, 0) is 20.7 Å². The largest absolute Gasteiger partial charge is 0.459 e. The van der Waals surface area contributed by atoms with Gasteiger partial charge in [-0.1, -0.05) is 12.1 Å². The number of amides is 1. The Morgan fingerprint density at radius 2 is 1.89 bits per heavy atom. The van der Waals surface area contributed by atoms with Gasteiger partial charge < -0.3 is 10.1 Å². The molecule has 0 bridgehead atoms. The number of esters is 1. The molecule has 0 fully saturated rings. The second-order valence-corrected chi connectivity index (χ2v) is 4.06. The average Bonchev–Trinajstić information content (AvgIpc) is 2.40. The smallest absolute Gasteiger partial charge is 0.396 e. The maximum Gasteiger partial charge on any atom is 0.396 e. The van der Waals surface area contributed by atoms with Crippen LogP contribution in [0.25, 0.3) is 0 Å². The van der Waals surface area contributed by atoms with Crippen molar-refractivity contribution in [2.45, 2.75) is 26.2 Å². The Kier molecular flexibility index (Phi) is 6.57. The number of benzene rings is 1. The normalized spacial score (nSPS) is 10.0. The van der Waals surface area contributed by atoms with Gasteiger partial charge in [-0.3, -0.25) is 4.79 Å². The molecule has 0 spiro atoms. The van der Waals surface area contributed by atoms with Crippen LogP contribution in [0.3, 0.4) is 0 Å². The Morgan fingerprint density at radius 3 is 2.53 bits per heavy atom. The highest BCUT2D eigenvalue weighted by Crippen LogP contribution is 2.06. The minimum atomic E-state index is -0.846. The maximum atomic E-state index is 12.7. The third-order valence-electron chi connectivity index (χ3n) is 2.55. The Bertz CT molecular complexity index is 417. The van der Waals surface area contributed by atoms with Crippen molar-refractivity contribution in [3.05, 3.63) is 35.6 Å². The van der Waals surface area contributed by atoms with Crippen molar-refractivity contribution in [1.29, 1.82) is 0 Å². The third-order valence-corrected chi connectivity index (χ3v) is 2.55. The van der Waals surface area contributed by atoms with Crippen LogP contribution in [0.15, 0.2) is 24.3 Å². The summed E-state index contributed by atoms with van der Waals surface area (Å²) in [7, 11) is 0. The SMILES string of the molecule is CCOC(=O)C(=O)NCCCCc1ccc(F)cc1. The molecule has 1 aromatic carbocycles. The van der Waals surface area contributed by atoms with Gasteiger partial charge in [-0.05, 0) is 43.9 Å². The minimum absolute atomic E-state index is 0.191. The molecule has 0 unspecified atom stereocenters. The van der Waals surface area contributed by atoms with Gasteiger partial charge in [0.15, 0.2) is 0 Å². The molecule has 4 nitrogen and oxygen atoms in total. The predicted octanol–water partition coefficient (Wildman–Crippen LogP) is 1.83. The fourth-order valence-electron chi connectivity index (χ4n) is 1.58. The van der Waals surface area contributed by atoms with Crippen molar-refractivity contribution in [3.63, 3.8) is 0 Å². The first-order valence-electron chi connectivity index (χ1n) is 6.33. The Balaban J connectivity index is 2.13. The van der Waals surface area contributed by atoms with Gasteiger partial charge in [0, 0.05) is 6.54 Å². The second kappa shape index (κ2) is 8.24. The molecule has 1 amide bonds. The first-order chi connectivity index (χ1) is 9.13. The van der Waals surface area contributed by atoms with E-state index in [1.54, 1.807) is 19.1 Å². The van der Waals surface area contributed by atoms with Crippen molar-refractivity contribution >= 4 is 11.9 Å². The number of unbranched alkanes of at least 4 members (excludes halogenated alkanes) is 1. The molecule has 0 heterocycles. The fraction of sp³-hybridized carbons (Fsp3) is 0.429. The van der Waals surface area contributed by atoms with Crippen LogP contribution < -0.4 is 5.32 Å². The highest BCUT2D eigenvalue weighted by Gasteiger charge is 2.12. The van der Waals surface area contributed by atoms with Crippen LogP contribution in [0, 0.1) is 5.82 Å². The summed E-state index contributed by atoms with van der Waals surface area (Å²) in [6, 6.07) is 6.34. The van der Waals surface area contributed by atoms with Gasteiger partial charge in [0.05, 0.1) is 6.61 Å². The van der Waals surface area contributed by atoms with E-state index in [4.69, 9.17) is 0 Å². The molecule has 1 rings (SSSR count). The molecule has 0 saturated heterocycles. The van der Waals surface area contributed by atoms with Crippen LogP contribution in [0.2, 0.25) is 0 Å². The summed E-state index contributed by atoms with van der Waals surface area (Å²) in [6.45, 7) is 2.27. The lowest BCUT2D eigenvalue weighted by Gasteiger charge is -2.04. The monoisotopic (exact) mass is 267 g/mol. The van der Waals surface area contributed by atoms with Crippen molar-refractivity contribution < 1.29 is 18.7 Å². The second-order valence-electron chi connectivity index (χ2n) is 4.06. The zero-order valence-electron chi connectivity index (χ0n) is 10.9. The van der Waals surface area contributed by atoms with Crippen LogP contribution in [0.4, 0.5) is 4.39 Å². The van der Waals surface area contributed by atoms with Crippen molar-refractivity contribution in [1.82, 2.24) is 5.32 Å². The molecular formula is C14H18FNO3. The first kappa shape index (κ1) is 15.1. The number of ether oxygens (including phenoxy) is 1. The molecule has 0 saturated carbocycles. The lowest BCUT2D eigenvalue weighted by molar-refractivity contribution is -0.154. The topological polar surface area (TPSA) is 55.4 Å². The average molecular weight is 267 g/mol. The number of carbonyl (C=O) groups excluding carboxylic acids is 2. The molecule has 104 valence electrons. The van der Waals surface area contributed by atoms with E-state index in [9.17, 15) is 14.0 Å². The molecule has 0 radical (unpaired) electrons. The highest BCUT2D eigenvalue weighted by atomic mass is 19.1. The van der Waals surface area contributed by atoms with E-state index < -0.39 is 11.9 Å². The lowest BCUT2D eigenvalue weighted by atomic mass is 10.1. The number of rotatable bonds is 6. The van der Waals surface area contributed by atoms with Gasteiger partial charge >= 0.3 is 11.9 Å². The number of carbonyl (C=O) groups is 2. The van der Waals surface area contributed by atoms with Gasteiger partial charge in [-0.25, -0.2) is 9.18 Å². The predicted molar refractivity (Wildman–Crippen MR) is 69.0 cm³/mol. The summed E-state index contributed by atoms with van der Waals surface area (Å²) < 4.78 is 17.2. The Hall–Kier alpha value is -1.91. The lowest BCUT2D eigenvalue weighted by Crippen LogP contribution is -2.33. The summed E-state index contributed by atoms with van der Waals surface area (Å²) in [6.07, 6.45) is 2.42. The zero-order valence-corrected chi connectivity index (χ0v) is 10.9. The molecule has 0 aliphatic rings. The van der Waals surface area contributed by atoms with Gasteiger partial charge in [-0.15, -0.1) is 0 Å². The van der Waals surface area contributed by atoms with Gasteiger partial charge in [0.1, 0.15) is 5.82 Å². The van der Waals surface area contributed by atoms with E-state index in [1.165, 1.54) is 12.1 Å². The Morgan fingerprint density at radius 1 is 1.21 bits per heavy atom. The standard InChI is InChI=1S/C14H18FNO3/c1-2-19-14(18)13(17)16-10-4-3-5-11-6-8-12(15)9-7-11/h6-9H,2-5,10H2,1H3,(H,16,17). The summed E-state index contributed by atoms with van der Waals surface area (Å²) >= 11 is 0. The van der Waals surface area contributed by atoms with E-state index >= 15 is 0 Å². The molecular weight excluding hydrogens is 249 g/mol. The van der Waals surface area contributed by atoms with Crippen molar-refractivity contribution in [3.8, 4) is 0 Å². The van der Waals surface area contributed by atoms with E-state index in [1.807, 2.05) is 0 Å². The number of nitrogens with one attached hydrogen (secondary N) is 1. The summed E-state index contributed by atoms with van der Waals surface area (Å²) in [5.74, 6) is -1.80. The van der Waals surface area contributed by atoms with Crippen LogP contribution >= 0.6 is 0 Å². The van der Waals surface area contributed by atoms with Crippen LogP contribution in [0.5, 0.6) is 0 Å². The molecule has 0 aliphatic heterocycles. The maximum absolute atomic E-state index is 12.7. The van der Waals surface area contributed by atoms with E-state index in [-0.39, 0.29) is 12.4 Å². The third kappa shape index (κ3) is 5.99. The van der Waals surface area contributed by atoms with Crippen molar-refractivity contribution in [2.75, 3.05) is 13.2 Å². The van der Waals surface area contributed by atoms with Crippen molar-refractivity contribution in [2.24, 2.45) is 0 Å². The number of halogens is 1. The molecule has 19 heavy (non-hydrogen) atoms. The van der Waals surface area contributed by atoms with E-state index in [2.05, 4.69) is 10.1 Å². The molecule has 1 N–H and O–H groups in total. The number of hydrogen-bond donors (Lipinski definition) is 1. The summed E-state index contributed by atoms with van der Waals surface area (Å²) in [4.78, 5) is 22.2. The zero-order chi connectivity index (χ0) is 14.1. The quantitative estimate of drug-likeness (QED) is 0.486. The summed E-state index contributed by atoms with van der Waals surface area (Å²) in [5, 5.41) is 2.49. The van der Waals surface area contributed by atoms with Gasteiger partial charge in [0.25, 0.3) is 0 Å². The molecule has 0 aliphatic carbocycles. The molecule has 0 atom stereocenters. The molecule has 0 aromatic heterocycles. The summed E-state index contributed by atoms with van der Waals surface area (Å²) in [5.41, 5.74) is 1.05. The molecule has 5 heteroatoms. The molecule has 1 aromatic rings. The van der Waals surface area contributed by atoms with E-state index in [0.717, 1.165) is 24.8 Å². The minimum Gasteiger partial charge on any atom is -0.459 e. The first-order valence-corrected chi connectivity index (χ1v) is 6.33. The fourth-order valence-corrected chi connectivity index (χ4v) is 1.58. The van der Waals surface area contributed by atoms with E-state index in [0.29, 0.717) is 6.54 Å². The highest BCUT2D eigenvalue weighted by molar-refractivity contribution is 6.32. The number of aryl methyl sites for hydroxylation is 1. The van der Waals surface area contributed by atoms with Crippen LogP contribution in [-0.4, -0.2) is 25.0 Å². The van der Waals surface area contributed by atoms with Gasteiger partial charge in [0.2, 0.25) is 0 Å².